The van der Waals surface area contributed by atoms with E-state index >= 15 is 0 Å². The molecular weight excluding hydrogens is 273 g/mol. The first-order chi connectivity index (χ1) is 6.37. The van der Waals surface area contributed by atoms with Crippen molar-refractivity contribution in [3.8, 4) is 0 Å². The van der Waals surface area contributed by atoms with Gasteiger partial charge in [-0.2, -0.15) is 0 Å². The van der Waals surface area contributed by atoms with Crippen LogP contribution in [0.25, 0.3) is 0 Å². The third kappa shape index (κ3) is 1.97. The summed E-state index contributed by atoms with van der Waals surface area (Å²) in [7, 11) is -0.988. The number of sulfonamides is 1. The van der Waals surface area contributed by atoms with Crippen LogP contribution in [-0.4, -0.2) is 26.8 Å². The van der Waals surface area contributed by atoms with Crippen LogP contribution in [0.5, 0.6) is 0 Å². The fourth-order valence-electron chi connectivity index (χ4n) is 0.880. The lowest BCUT2D eigenvalue weighted by Crippen LogP contribution is -2.23. The van der Waals surface area contributed by atoms with E-state index in [9.17, 15) is 12.8 Å². The molecule has 1 aromatic carbocycles. The molecule has 0 saturated carbocycles. The largest absolute Gasteiger partial charge is 0.245 e. The fraction of sp³-hybridized carbons (Fsp3) is 0.250. The Morgan fingerprint density at radius 3 is 2.43 bits per heavy atom. The fourth-order valence-corrected chi connectivity index (χ4v) is 2.36. The summed E-state index contributed by atoms with van der Waals surface area (Å²) in [6.45, 7) is 0. The maximum absolute atomic E-state index is 13.4. The molecule has 0 spiro atoms. The summed E-state index contributed by atoms with van der Waals surface area (Å²) in [6, 6.07) is 4.16. The third-order valence-electron chi connectivity index (χ3n) is 1.67. The van der Waals surface area contributed by atoms with Crippen LogP contribution in [0, 0.1) is 5.82 Å². The Morgan fingerprint density at radius 1 is 1.36 bits per heavy atom. The van der Waals surface area contributed by atoms with Crippen LogP contribution in [-0.2, 0) is 10.0 Å². The maximum Gasteiger partial charge on any atom is 0.245 e. The van der Waals surface area contributed by atoms with E-state index in [1.54, 1.807) is 0 Å². The monoisotopic (exact) mass is 281 g/mol. The molecule has 0 radical (unpaired) electrons. The van der Waals surface area contributed by atoms with Gasteiger partial charge in [-0.3, -0.25) is 0 Å². The van der Waals surface area contributed by atoms with E-state index in [1.165, 1.54) is 32.3 Å². The number of hydrogen-bond acceptors (Lipinski definition) is 2. The van der Waals surface area contributed by atoms with Crippen molar-refractivity contribution in [3.63, 3.8) is 0 Å². The van der Waals surface area contributed by atoms with E-state index in [-0.39, 0.29) is 9.37 Å². The normalized spacial score (nSPS) is 12.1. The highest BCUT2D eigenvalue weighted by molar-refractivity contribution is 9.10. The lowest BCUT2D eigenvalue weighted by atomic mass is 10.3. The molecule has 0 bridgehead atoms. The molecule has 1 rings (SSSR count). The molecule has 14 heavy (non-hydrogen) atoms. The van der Waals surface area contributed by atoms with E-state index in [1.807, 2.05) is 0 Å². The average Bonchev–Trinajstić information content (AvgIpc) is 2.09. The van der Waals surface area contributed by atoms with Gasteiger partial charge in [0.2, 0.25) is 10.0 Å². The van der Waals surface area contributed by atoms with Crippen molar-refractivity contribution in [1.29, 1.82) is 0 Å². The number of nitrogens with zero attached hydrogens (tertiary/aromatic N) is 1. The smallest absolute Gasteiger partial charge is 0.207 e. The Morgan fingerprint density at radius 2 is 1.93 bits per heavy atom. The predicted octanol–water partition coefficient (Wildman–Crippen LogP) is 1.84. The van der Waals surface area contributed by atoms with Crippen LogP contribution in [0.2, 0.25) is 0 Å². The number of benzene rings is 1. The summed E-state index contributed by atoms with van der Waals surface area (Å²) >= 11 is 2.93. The molecule has 0 atom stereocenters. The topological polar surface area (TPSA) is 37.4 Å². The lowest BCUT2D eigenvalue weighted by Gasteiger charge is -2.12. The minimum absolute atomic E-state index is 0.139. The van der Waals surface area contributed by atoms with Crippen molar-refractivity contribution in [1.82, 2.24) is 4.31 Å². The van der Waals surface area contributed by atoms with Gasteiger partial charge in [0.1, 0.15) is 4.90 Å². The summed E-state index contributed by atoms with van der Waals surface area (Å²) < 4.78 is 37.7. The van der Waals surface area contributed by atoms with E-state index in [4.69, 9.17) is 0 Å². The van der Waals surface area contributed by atoms with Gasteiger partial charge in [0.05, 0.1) is 4.47 Å². The van der Waals surface area contributed by atoms with Gasteiger partial charge in [0.15, 0.2) is 5.82 Å². The SMILES string of the molecule is CN(C)S(=O)(=O)c1cccc(Br)c1F. The summed E-state index contributed by atoms with van der Waals surface area (Å²) in [6.07, 6.45) is 0. The summed E-state index contributed by atoms with van der Waals surface area (Å²) in [4.78, 5) is -0.322. The van der Waals surface area contributed by atoms with Crippen molar-refractivity contribution in [2.75, 3.05) is 14.1 Å². The molecule has 0 saturated heterocycles. The molecule has 1 aromatic rings. The van der Waals surface area contributed by atoms with Gasteiger partial charge in [-0.15, -0.1) is 0 Å². The Kier molecular flexibility index (Phi) is 3.28. The minimum Gasteiger partial charge on any atom is -0.207 e. The van der Waals surface area contributed by atoms with Crippen molar-refractivity contribution in [2.45, 2.75) is 4.90 Å². The van der Waals surface area contributed by atoms with Gasteiger partial charge < -0.3 is 0 Å². The molecule has 0 unspecified atom stereocenters. The third-order valence-corrected chi connectivity index (χ3v) is 4.12. The van der Waals surface area contributed by atoms with Gasteiger partial charge in [-0.1, -0.05) is 6.07 Å². The van der Waals surface area contributed by atoms with Crippen LogP contribution < -0.4 is 0 Å². The molecule has 0 aliphatic carbocycles. The average molecular weight is 282 g/mol. The molecule has 0 aromatic heterocycles. The van der Waals surface area contributed by atoms with Gasteiger partial charge in [-0.25, -0.2) is 17.1 Å². The van der Waals surface area contributed by atoms with Crippen LogP contribution in [0.15, 0.2) is 27.6 Å². The first-order valence-electron chi connectivity index (χ1n) is 3.74. The zero-order valence-corrected chi connectivity index (χ0v) is 10.1. The quantitative estimate of drug-likeness (QED) is 0.830. The molecular formula is C8H9BrFNO2S. The van der Waals surface area contributed by atoms with Crippen molar-refractivity contribution >= 4 is 26.0 Å². The molecule has 0 N–H and O–H groups in total. The lowest BCUT2D eigenvalue weighted by molar-refractivity contribution is 0.507. The Labute approximate surface area is 90.7 Å². The highest BCUT2D eigenvalue weighted by Crippen LogP contribution is 2.23. The Balaban J connectivity index is 3.42. The van der Waals surface area contributed by atoms with E-state index in [0.717, 1.165) is 4.31 Å². The second-order valence-electron chi connectivity index (χ2n) is 2.84. The van der Waals surface area contributed by atoms with Gasteiger partial charge in [-0.05, 0) is 28.1 Å². The van der Waals surface area contributed by atoms with Crippen LogP contribution in [0.4, 0.5) is 4.39 Å². The first kappa shape index (κ1) is 11.6. The Bertz CT molecular complexity index is 445. The molecule has 78 valence electrons. The second-order valence-corrected chi connectivity index (χ2v) is 5.81. The standard InChI is InChI=1S/C8H9BrFNO2S/c1-11(2)14(12,13)7-5-3-4-6(9)8(7)10/h3-5H,1-2H3. The van der Waals surface area contributed by atoms with Crippen molar-refractivity contribution in [3.05, 3.63) is 28.5 Å². The number of hydrogen-bond donors (Lipinski definition) is 0. The summed E-state index contributed by atoms with van der Waals surface area (Å²) in [5.74, 6) is -0.763. The highest BCUT2D eigenvalue weighted by atomic mass is 79.9. The number of rotatable bonds is 2. The Hall–Kier alpha value is -0.460. The van der Waals surface area contributed by atoms with Gasteiger partial charge in [0, 0.05) is 14.1 Å². The maximum atomic E-state index is 13.4. The predicted molar refractivity (Wildman–Crippen MR) is 55.0 cm³/mol. The molecule has 0 heterocycles. The van der Waals surface area contributed by atoms with Crippen LogP contribution in [0.3, 0.4) is 0 Å². The molecule has 3 nitrogen and oxygen atoms in total. The van der Waals surface area contributed by atoms with E-state index in [2.05, 4.69) is 15.9 Å². The van der Waals surface area contributed by atoms with Crippen molar-refractivity contribution < 1.29 is 12.8 Å². The van der Waals surface area contributed by atoms with E-state index in [0.29, 0.717) is 0 Å². The molecule has 6 heteroatoms. The minimum atomic E-state index is -3.70. The highest BCUT2D eigenvalue weighted by Gasteiger charge is 2.22. The number of halogens is 2. The van der Waals surface area contributed by atoms with Gasteiger partial charge in [0.25, 0.3) is 0 Å². The zero-order chi connectivity index (χ0) is 10.9. The summed E-state index contributed by atoms with van der Waals surface area (Å²) in [5, 5.41) is 0. The molecule has 0 amide bonds. The zero-order valence-electron chi connectivity index (χ0n) is 7.66. The first-order valence-corrected chi connectivity index (χ1v) is 5.97. The van der Waals surface area contributed by atoms with E-state index < -0.39 is 15.8 Å². The molecule has 0 fully saturated rings. The second kappa shape index (κ2) is 3.96. The van der Waals surface area contributed by atoms with Crippen LogP contribution in [0.1, 0.15) is 0 Å². The molecule has 0 aliphatic rings. The summed E-state index contributed by atoms with van der Waals surface area (Å²) in [5.41, 5.74) is 0. The molecule has 0 aliphatic heterocycles. The van der Waals surface area contributed by atoms with Crippen LogP contribution >= 0.6 is 15.9 Å². The van der Waals surface area contributed by atoms with Crippen molar-refractivity contribution in [2.24, 2.45) is 0 Å². The van der Waals surface area contributed by atoms with Gasteiger partial charge >= 0.3 is 0 Å².